The number of hydrogen-bond donors (Lipinski definition) is 0. The van der Waals surface area contributed by atoms with Gasteiger partial charge in [-0.3, -0.25) is 0 Å². The van der Waals surface area contributed by atoms with Crippen molar-refractivity contribution in [3.05, 3.63) is 47.8 Å². The molecule has 18 heavy (non-hydrogen) atoms. The first kappa shape index (κ1) is 12.8. The average molecular weight is 244 g/mol. The quantitative estimate of drug-likeness (QED) is 0.806. The highest BCUT2D eigenvalue weighted by atomic mass is 16.5. The molecule has 0 saturated heterocycles. The van der Waals surface area contributed by atoms with Crippen molar-refractivity contribution < 1.29 is 4.74 Å². The third-order valence-corrected chi connectivity index (χ3v) is 2.63. The van der Waals surface area contributed by atoms with Crippen LogP contribution in [0.5, 0.6) is 0 Å². The molecule has 0 fully saturated rings. The molecule has 0 unspecified atom stereocenters. The molecule has 0 aliphatic heterocycles. The monoisotopic (exact) mass is 244 g/mol. The van der Waals surface area contributed by atoms with Crippen LogP contribution in [0.15, 0.2) is 36.7 Å². The van der Waals surface area contributed by atoms with Crippen molar-refractivity contribution >= 4 is 0 Å². The minimum Gasteiger partial charge on any atom is -0.377 e. The van der Waals surface area contributed by atoms with Crippen LogP contribution in [0.3, 0.4) is 0 Å². The first-order chi connectivity index (χ1) is 8.65. The lowest BCUT2D eigenvalue weighted by molar-refractivity contribution is 0.0971. The number of aromatic nitrogens is 2. The highest BCUT2D eigenvalue weighted by Gasteiger charge is 2.00. The van der Waals surface area contributed by atoms with Gasteiger partial charge in [0.1, 0.15) is 0 Å². The van der Waals surface area contributed by atoms with Crippen LogP contribution in [0.2, 0.25) is 0 Å². The summed E-state index contributed by atoms with van der Waals surface area (Å²) in [4.78, 5) is 0. The Labute approximate surface area is 108 Å². The van der Waals surface area contributed by atoms with Crippen LogP contribution < -0.4 is 0 Å². The molecule has 0 amide bonds. The van der Waals surface area contributed by atoms with Gasteiger partial charge in [0.2, 0.25) is 0 Å². The minimum atomic E-state index is 0.580. The summed E-state index contributed by atoms with van der Waals surface area (Å²) in [5.41, 5.74) is 3.44. The summed E-state index contributed by atoms with van der Waals surface area (Å²) < 4.78 is 7.49. The molecule has 2 rings (SSSR count). The summed E-state index contributed by atoms with van der Waals surface area (Å²) in [5.74, 6) is 0.580. The zero-order valence-electron chi connectivity index (χ0n) is 11.3. The highest BCUT2D eigenvalue weighted by Crippen LogP contribution is 2.11. The van der Waals surface area contributed by atoms with Crippen LogP contribution in [0, 0.1) is 12.8 Å². The molecule has 0 N–H and O–H groups in total. The molecule has 0 aliphatic carbocycles. The normalized spacial score (nSPS) is 11.1. The number of ether oxygens (including phenoxy) is 1. The molecule has 0 spiro atoms. The molecule has 2 aromatic rings. The van der Waals surface area contributed by atoms with E-state index >= 15 is 0 Å². The fourth-order valence-electron chi connectivity index (χ4n) is 1.71. The number of rotatable bonds is 5. The van der Waals surface area contributed by atoms with Crippen molar-refractivity contribution in [1.82, 2.24) is 9.78 Å². The second-order valence-corrected chi connectivity index (χ2v) is 5.04. The zero-order valence-corrected chi connectivity index (χ0v) is 11.3. The van der Waals surface area contributed by atoms with E-state index in [9.17, 15) is 0 Å². The Kier molecular flexibility index (Phi) is 4.15. The second-order valence-electron chi connectivity index (χ2n) is 5.04. The first-order valence-corrected chi connectivity index (χ1v) is 6.33. The van der Waals surface area contributed by atoms with Gasteiger partial charge in [0, 0.05) is 12.8 Å². The van der Waals surface area contributed by atoms with Gasteiger partial charge in [0.05, 0.1) is 18.5 Å². The van der Waals surface area contributed by atoms with Gasteiger partial charge in [-0.15, -0.1) is 0 Å². The van der Waals surface area contributed by atoms with E-state index in [2.05, 4.69) is 43.2 Å². The van der Waals surface area contributed by atoms with E-state index in [0.29, 0.717) is 12.5 Å². The van der Waals surface area contributed by atoms with Crippen molar-refractivity contribution in [1.29, 1.82) is 0 Å². The average Bonchev–Trinajstić information content (AvgIpc) is 2.76. The minimum absolute atomic E-state index is 0.580. The Morgan fingerprint density at radius 3 is 2.50 bits per heavy atom. The Morgan fingerprint density at radius 1 is 1.22 bits per heavy atom. The molecular weight excluding hydrogens is 224 g/mol. The zero-order chi connectivity index (χ0) is 13.0. The molecule has 0 saturated carbocycles. The van der Waals surface area contributed by atoms with Gasteiger partial charge in [-0.1, -0.05) is 26.0 Å². The van der Waals surface area contributed by atoms with Gasteiger partial charge in [0.25, 0.3) is 0 Å². The molecule has 1 aromatic heterocycles. The molecule has 0 radical (unpaired) electrons. The van der Waals surface area contributed by atoms with E-state index < -0.39 is 0 Å². The van der Waals surface area contributed by atoms with Crippen molar-refractivity contribution in [2.45, 2.75) is 27.4 Å². The number of nitrogens with zero attached hydrogens (tertiary/aromatic N) is 2. The predicted molar refractivity (Wildman–Crippen MR) is 72.8 cm³/mol. The van der Waals surface area contributed by atoms with Crippen LogP contribution in [0.25, 0.3) is 5.69 Å². The first-order valence-electron chi connectivity index (χ1n) is 6.33. The molecule has 0 bridgehead atoms. The maximum atomic E-state index is 5.61. The number of aryl methyl sites for hydroxylation is 1. The largest absolute Gasteiger partial charge is 0.377 e. The van der Waals surface area contributed by atoms with Gasteiger partial charge < -0.3 is 4.74 Å². The molecule has 0 atom stereocenters. The van der Waals surface area contributed by atoms with Crippen LogP contribution in [-0.4, -0.2) is 16.4 Å². The van der Waals surface area contributed by atoms with Crippen molar-refractivity contribution in [3.63, 3.8) is 0 Å². The standard InChI is InChI=1S/C15H20N2O/c1-12(2)10-18-11-14-4-6-15(7-5-14)17-9-13(3)8-16-17/h4-9,12H,10-11H2,1-3H3. The lowest BCUT2D eigenvalue weighted by Gasteiger charge is -2.07. The summed E-state index contributed by atoms with van der Waals surface area (Å²) in [7, 11) is 0. The summed E-state index contributed by atoms with van der Waals surface area (Å²) >= 11 is 0. The van der Waals surface area contributed by atoms with E-state index in [1.165, 1.54) is 11.1 Å². The summed E-state index contributed by atoms with van der Waals surface area (Å²) in [6, 6.07) is 8.32. The lowest BCUT2D eigenvalue weighted by atomic mass is 10.2. The van der Waals surface area contributed by atoms with E-state index in [4.69, 9.17) is 4.74 Å². The molecule has 1 heterocycles. The van der Waals surface area contributed by atoms with Crippen LogP contribution >= 0.6 is 0 Å². The van der Waals surface area contributed by atoms with Gasteiger partial charge in [-0.25, -0.2) is 4.68 Å². The molecular formula is C15H20N2O. The van der Waals surface area contributed by atoms with Crippen LogP contribution in [0.4, 0.5) is 0 Å². The Hall–Kier alpha value is -1.61. The summed E-state index contributed by atoms with van der Waals surface area (Å²) in [6.45, 7) is 7.83. The van der Waals surface area contributed by atoms with Crippen molar-refractivity contribution in [2.75, 3.05) is 6.61 Å². The highest BCUT2D eigenvalue weighted by molar-refractivity contribution is 5.34. The van der Waals surface area contributed by atoms with E-state index in [1.54, 1.807) is 0 Å². The number of benzene rings is 1. The predicted octanol–water partition coefficient (Wildman–Crippen LogP) is 3.35. The smallest absolute Gasteiger partial charge is 0.0717 e. The van der Waals surface area contributed by atoms with Gasteiger partial charge in [0.15, 0.2) is 0 Å². The van der Waals surface area contributed by atoms with Crippen molar-refractivity contribution in [2.24, 2.45) is 5.92 Å². The molecule has 3 nitrogen and oxygen atoms in total. The fraction of sp³-hybridized carbons (Fsp3) is 0.400. The SMILES string of the molecule is Cc1cnn(-c2ccc(COCC(C)C)cc2)c1. The second kappa shape index (κ2) is 5.83. The van der Waals surface area contributed by atoms with Crippen LogP contribution in [-0.2, 0) is 11.3 Å². The maximum absolute atomic E-state index is 5.61. The fourth-order valence-corrected chi connectivity index (χ4v) is 1.71. The Morgan fingerprint density at radius 2 is 1.94 bits per heavy atom. The van der Waals surface area contributed by atoms with Gasteiger partial charge >= 0.3 is 0 Å². The van der Waals surface area contributed by atoms with Gasteiger partial charge in [-0.2, -0.15) is 5.10 Å². The summed E-state index contributed by atoms with van der Waals surface area (Å²) in [5, 5.41) is 4.29. The molecule has 0 aliphatic rings. The van der Waals surface area contributed by atoms with Gasteiger partial charge in [-0.05, 0) is 36.1 Å². The van der Waals surface area contributed by atoms with E-state index in [0.717, 1.165) is 12.3 Å². The van der Waals surface area contributed by atoms with Crippen molar-refractivity contribution in [3.8, 4) is 5.69 Å². The third kappa shape index (κ3) is 3.44. The number of hydrogen-bond acceptors (Lipinski definition) is 2. The molecule has 96 valence electrons. The maximum Gasteiger partial charge on any atom is 0.0717 e. The van der Waals surface area contributed by atoms with Crippen LogP contribution in [0.1, 0.15) is 25.0 Å². The third-order valence-electron chi connectivity index (χ3n) is 2.63. The molecule has 3 heteroatoms. The van der Waals surface area contributed by atoms with E-state index in [-0.39, 0.29) is 0 Å². The Balaban J connectivity index is 1.97. The van der Waals surface area contributed by atoms with E-state index in [1.807, 2.05) is 24.0 Å². The summed E-state index contributed by atoms with van der Waals surface area (Å²) in [6.07, 6.45) is 3.88. The Bertz CT molecular complexity index is 485. The molecule has 1 aromatic carbocycles. The topological polar surface area (TPSA) is 27.1 Å². The lowest BCUT2D eigenvalue weighted by Crippen LogP contribution is -2.02.